The molecule has 17 unspecified atom stereocenters. The highest BCUT2D eigenvalue weighted by atomic mass is 16.8. The molecule has 512 valence electrons. The quantitative estimate of drug-likeness (QED) is 0.0200. The fraction of sp³-hybridized carbons (Fsp3) is 0.841. The van der Waals surface area contributed by atoms with Gasteiger partial charge in [0, 0.05) is 6.42 Å². The van der Waals surface area contributed by atoms with Gasteiger partial charge in [-0.05, 0) is 77.0 Å². The molecule has 0 radical (unpaired) electrons. The second kappa shape index (κ2) is 51.0. The monoisotopic (exact) mass is 1250 g/mol. The zero-order valence-electron chi connectivity index (χ0n) is 53.9. The third kappa shape index (κ3) is 32.9. The molecule has 19 heteroatoms. The first-order chi connectivity index (χ1) is 42.8. The Morgan fingerprint density at radius 1 is 0.409 bits per heavy atom. The van der Waals surface area contributed by atoms with E-state index in [0.29, 0.717) is 12.8 Å². The van der Waals surface area contributed by atoms with Crippen molar-refractivity contribution in [2.45, 2.75) is 343 Å². The van der Waals surface area contributed by atoms with Crippen LogP contribution in [-0.4, -0.2) is 193 Å². The van der Waals surface area contributed by atoms with Gasteiger partial charge in [0.15, 0.2) is 18.9 Å². The molecular weight excluding hydrogens is 1130 g/mol. The summed E-state index contributed by atoms with van der Waals surface area (Å²) in [5.41, 5.74) is 0. The van der Waals surface area contributed by atoms with Crippen molar-refractivity contribution in [3.63, 3.8) is 0 Å². The number of hydrogen-bond acceptors (Lipinski definition) is 18. The van der Waals surface area contributed by atoms with Gasteiger partial charge in [0.1, 0.15) is 73.2 Å². The first-order valence-electron chi connectivity index (χ1n) is 34.5. The Balaban J connectivity index is 1.46. The van der Waals surface area contributed by atoms with E-state index in [1.807, 2.05) is 6.08 Å². The fourth-order valence-electron chi connectivity index (χ4n) is 11.4. The minimum Gasteiger partial charge on any atom is -0.394 e. The number of allylic oxidation sites excluding steroid dienone is 9. The predicted molar refractivity (Wildman–Crippen MR) is 342 cm³/mol. The summed E-state index contributed by atoms with van der Waals surface area (Å²) in [4.78, 5) is 13.4. The highest BCUT2D eigenvalue weighted by Gasteiger charge is 2.53. The number of rotatable bonds is 52. The Morgan fingerprint density at radius 3 is 1.22 bits per heavy atom. The maximum absolute atomic E-state index is 13.4. The van der Waals surface area contributed by atoms with Gasteiger partial charge in [-0.15, -0.1) is 0 Å². The molecule has 0 aliphatic carbocycles. The number of amides is 1. The zero-order valence-corrected chi connectivity index (χ0v) is 53.9. The minimum atomic E-state index is -1.99. The molecule has 0 aromatic rings. The van der Waals surface area contributed by atoms with E-state index in [1.54, 1.807) is 6.08 Å². The van der Waals surface area contributed by atoms with Crippen LogP contribution in [0.15, 0.2) is 60.8 Å². The van der Waals surface area contributed by atoms with Gasteiger partial charge in [-0.3, -0.25) is 4.79 Å². The fourth-order valence-corrected chi connectivity index (χ4v) is 11.4. The molecule has 17 atom stereocenters. The van der Waals surface area contributed by atoms with Gasteiger partial charge >= 0.3 is 0 Å². The van der Waals surface area contributed by atoms with Crippen molar-refractivity contribution >= 4 is 5.91 Å². The summed E-state index contributed by atoms with van der Waals surface area (Å²) in [6, 6.07) is -1.01. The van der Waals surface area contributed by atoms with E-state index in [4.69, 9.17) is 28.4 Å². The Labute approximate surface area is 528 Å². The maximum atomic E-state index is 13.4. The van der Waals surface area contributed by atoms with Crippen molar-refractivity contribution < 1.29 is 89.4 Å². The smallest absolute Gasteiger partial charge is 0.220 e. The molecule has 0 spiro atoms. The summed E-state index contributed by atoms with van der Waals surface area (Å²) in [6.45, 7) is 1.68. The number of carbonyl (C=O) groups is 1. The van der Waals surface area contributed by atoms with Gasteiger partial charge in [-0.25, -0.2) is 0 Å². The number of hydrogen-bond donors (Lipinski definition) is 12. The average Bonchev–Trinajstić information content (AvgIpc) is 3.72. The molecule has 3 rings (SSSR count). The molecule has 3 saturated heterocycles. The van der Waals surface area contributed by atoms with Gasteiger partial charge < -0.3 is 89.9 Å². The summed E-state index contributed by atoms with van der Waals surface area (Å²) >= 11 is 0. The van der Waals surface area contributed by atoms with Crippen LogP contribution in [0.1, 0.15) is 239 Å². The molecule has 1 amide bonds. The van der Waals surface area contributed by atoms with Gasteiger partial charge in [0.2, 0.25) is 5.91 Å². The van der Waals surface area contributed by atoms with Crippen molar-refractivity contribution in [1.29, 1.82) is 0 Å². The molecule has 0 aromatic carbocycles. The summed E-state index contributed by atoms with van der Waals surface area (Å²) in [5, 5.41) is 120. The summed E-state index contributed by atoms with van der Waals surface area (Å²) in [6.07, 6.45) is 34.9. The molecule has 3 heterocycles. The lowest BCUT2D eigenvalue weighted by Crippen LogP contribution is -2.66. The van der Waals surface area contributed by atoms with E-state index in [2.05, 4.69) is 67.8 Å². The number of unbranched alkanes of at least 4 members (excludes halogenated alkanes) is 28. The molecule has 19 nitrogen and oxygen atoms in total. The third-order valence-corrected chi connectivity index (χ3v) is 17.0. The predicted octanol–water partition coefficient (Wildman–Crippen LogP) is 8.77. The first kappa shape index (κ1) is 79.7. The molecular formula is C69H123NO18. The first-order valence-corrected chi connectivity index (χ1v) is 34.5. The second-order valence-electron chi connectivity index (χ2n) is 24.6. The number of aliphatic hydroxyl groups is 11. The molecule has 12 N–H and O–H groups in total. The minimum absolute atomic E-state index is 0.214. The van der Waals surface area contributed by atoms with Gasteiger partial charge in [-0.2, -0.15) is 0 Å². The molecule has 3 fully saturated rings. The maximum Gasteiger partial charge on any atom is 0.220 e. The Hall–Kier alpha value is -2.51. The highest BCUT2D eigenvalue weighted by Crippen LogP contribution is 2.33. The van der Waals surface area contributed by atoms with Gasteiger partial charge in [-0.1, -0.05) is 216 Å². The van der Waals surface area contributed by atoms with Crippen LogP contribution in [0.3, 0.4) is 0 Å². The lowest BCUT2D eigenvalue weighted by molar-refractivity contribution is -0.379. The van der Waals surface area contributed by atoms with Crippen LogP contribution in [0, 0.1) is 0 Å². The number of ether oxygens (including phenoxy) is 6. The Bertz CT molecular complexity index is 1830. The molecule has 0 bridgehead atoms. The van der Waals surface area contributed by atoms with E-state index in [9.17, 15) is 61.0 Å². The van der Waals surface area contributed by atoms with E-state index < -0.39 is 124 Å². The molecule has 88 heavy (non-hydrogen) atoms. The van der Waals surface area contributed by atoms with Crippen molar-refractivity contribution in [1.82, 2.24) is 5.32 Å². The summed E-state index contributed by atoms with van der Waals surface area (Å²) in [7, 11) is 0. The number of nitrogens with one attached hydrogen (secondary N) is 1. The van der Waals surface area contributed by atoms with Crippen molar-refractivity contribution in [3.8, 4) is 0 Å². The van der Waals surface area contributed by atoms with Crippen LogP contribution in [0.2, 0.25) is 0 Å². The topological polar surface area (TPSA) is 307 Å². The third-order valence-electron chi connectivity index (χ3n) is 17.0. The van der Waals surface area contributed by atoms with E-state index in [-0.39, 0.29) is 18.9 Å². The van der Waals surface area contributed by atoms with Gasteiger partial charge in [0.25, 0.3) is 0 Å². The van der Waals surface area contributed by atoms with Crippen molar-refractivity contribution in [2.24, 2.45) is 0 Å². The molecule has 0 aromatic heterocycles. The van der Waals surface area contributed by atoms with Crippen LogP contribution < -0.4 is 5.32 Å². The van der Waals surface area contributed by atoms with Crippen LogP contribution in [0.4, 0.5) is 0 Å². The zero-order chi connectivity index (χ0) is 64.0. The summed E-state index contributed by atoms with van der Waals surface area (Å²) < 4.78 is 34.3. The van der Waals surface area contributed by atoms with Crippen LogP contribution in [-0.2, 0) is 33.2 Å². The van der Waals surface area contributed by atoms with Gasteiger partial charge in [0.05, 0.1) is 38.6 Å². The lowest BCUT2D eigenvalue weighted by atomic mass is 9.96. The van der Waals surface area contributed by atoms with Crippen molar-refractivity contribution in [2.75, 3.05) is 26.4 Å². The lowest BCUT2D eigenvalue weighted by Gasteiger charge is -2.48. The second-order valence-corrected chi connectivity index (χ2v) is 24.6. The molecule has 3 aliphatic rings. The van der Waals surface area contributed by atoms with E-state index >= 15 is 0 Å². The summed E-state index contributed by atoms with van der Waals surface area (Å²) in [5.74, 6) is -0.304. The van der Waals surface area contributed by atoms with Crippen LogP contribution in [0.25, 0.3) is 0 Å². The SMILES string of the molecule is CCCCCC/C=C\C/C=C\CCCCCCCC(=O)NC(COC1OC(CO)C(OC2OC(CO)C(OC3OC(CO)C(O)C(O)C3O)C(O)C2O)C(O)C1O)C(O)/C=C/CC/C=C/CC/C=C/CCCCCCCCCCCCCCCCCCC. The Kier molecular flexibility index (Phi) is 46.2. The highest BCUT2D eigenvalue weighted by molar-refractivity contribution is 5.76. The standard InChI is InChI=1S/C69H123NO18/c1-3-5-7-9-11-13-15-17-19-21-22-23-24-25-26-27-28-29-30-31-32-34-36-38-40-42-44-46-53(74)52(70-57(75)47-45-43-41-39-37-35-33-20-18-16-14-12-10-8-6-4-2)51-83-67-63(81)60(78)65(55(49-72)85-67)88-69-64(82)61(79)66(56(50-73)86-69)87-68-62(80)59(77)58(76)54(48-71)84-68/h14,16,20,30-31,33,36,38,44,46,52-56,58-69,71-74,76-82H,3-13,15,17-19,21-29,32,34-35,37,39-43,45,47-51H2,1-2H3,(H,70,75)/b16-14-,31-30+,33-20-,38-36+,46-44+. The van der Waals surface area contributed by atoms with Crippen LogP contribution >= 0.6 is 0 Å². The van der Waals surface area contributed by atoms with Crippen molar-refractivity contribution in [3.05, 3.63) is 60.8 Å². The largest absolute Gasteiger partial charge is 0.394 e. The van der Waals surface area contributed by atoms with E-state index in [1.165, 1.54) is 135 Å². The van der Waals surface area contributed by atoms with Crippen LogP contribution in [0.5, 0.6) is 0 Å². The number of aliphatic hydroxyl groups excluding tert-OH is 11. The normalized spacial score (nSPS) is 28.8. The molecule has 3 aliphatic heterocycles. The van der Waals surface area contributed by atoms with E-state index in [0.717, 1.165) is 70.6 Å². The number of carbonyl (C=O) groups excluding carboxylic acids is 1. The Morgan fingerprint density at radius 2 is 0.761 bits per heavy atom. The average molecular weight is 1250 g/mol. The molecule has 0 saturated carbocycles.